The van der Waals surface area contributed by atoms with Crippen molar-refractivity contribution in [3.05, 3.63) is 18.2 Å². The summed E-state index contributed by atoms with van der Waals surface area (Å²) in [5.41, 5.74) is 6.41. The van der Waals surface area contributed by atoms with Gasteiger partial charge in [0.1, 0.15) is 5.84 Å². The number of hydrogen-bond acceptors (Lipinski definition) is 5. The predicted molar refractivity (Wildman–Crippen MR) is 84.5 cm³/mol. The first-order valence-electron chi connectivity index (χ1n) is 7.31. The molecule has 0 heterocycles. The summed E-state index contributed by atoms with van der Waals surface area (Å²) >= 11 is 0. The number of rotatable bonds is 10. The average molecular weight is 295 g/mol. The molecule has 0 unspecified atom stereocenters. The Hall–Kier alpha value is -2.11. The van der Waals surface area contributed by atoms with Crippen LogP contribution in [0.4, 0.5) is 5.69 Å². The molecular formula is C15H25N3O3. The van der Waals surface area contributed by atoms with Crippen LogP contribution < -0.4 is 20.5 Å². The van der Waals surface area contributed by atoms with Gasteiger partial charge in [0.05, 0.1) is 13.2 Å². The number of nitrogens with zero attached hydrogens (tertiary/aromatic N) is 1. The minimum Gasteiger partial charge on any atom is -0.490 e. The maximum Gasteiger partial charge on any atom is 0.163 e. The Kier molecular flexibility index (Phi) is 7.86. The molecule has 0 amide bonds. The molecule has 6 heteroatoms. The molecule has 0 aromatic heterocycles. The number of amidine groups is 1. The lowest BCUT2D eigenvalue weighted by atomic mass is 10.2. The zero-order chi connectivity index (χ0) is 15.5. The molecule has 21 heavy (non-hydrogen) atoms. The Morgan fingerprint density at radius 3 is 2.57 bits per heavy atom. The summed E-state index contributed by atoms with van der Waals surface area (Å²) in [7, 11) is 0. The van der Waals surface area contributed by atoms with Crippen molar-refractivity contribution < 1.29 is 14.7 Å². The molecule has 1 aromatic carbocycles. The molecule has 0 aliphatic heterocycles. The lowest BCUT2D eigenvalue weighted by Gasteiger charge is -2.13. The van der Waals surface area contributed by atoms with Gasteiger partial charge in [0.2, 0.25) is 0 Å². The van der Waals surface area contributed by atoms with Gasteiger partial charge >= 0.3 is 0 Å². The van der Waals surface area contributed by atoms with Crippen LogP contribution in [0.5, 0.6) is 11.5 Å². The predicted octanol–water partition coefficient (Wildman–Crippen LogP) is 2.81. The Balaban J connectivity index is 2.46. The zero-order valence-electron chi connectivity index (χ0n) is 12.8. The van der Waals surface area contributed by atoms with E-state index in [9.17, 15) is 0 Å². The van der Waals surface area contributed by atoms with Crippen LogP contribution in [0.15, 0.2) is 23.4 Å². The van der Waals surface area contributed by atoms with Gasteiger partial charge in [-0.25, -0.2) is 0 Å². The van der Waals surface area contributed by atoms with Gasteiger partial charge in [0.15, 0.2) is 11.5 Å². The molecule has 1 rings (SSSR count). The van der Waals surface area contributed by atoms with Gasteiger partial charge in [0, 0.05) is 24.7 Å². The topological polar surface area (TPSA) is 89.1 Å². The molecule has 0 saturated heterocycles. The quantitative estimate of drug-likeness (QED) is 0.203. The van der Waals surface area contributed by atoms with Crippen LogP contribution in [-0.4, -0.2) is 30.8 Å². The molecule has 0 radical (unpaired) electrons. The van der Waals surface area contributed by atoms with Crippen molar-refractivity contribution in [1.29, 1.82) is 0 Å². The van der Waals surface area contributed by atoms with E-state index in [4.69, 9.17) is 20.4 Å². The van der Waals surface area contributed by atoms with Crippen molar-refractivity contribution in [3.63, 3.8) is 0 Å². The van der Waals surface area contributed by atoms with Crippen LogP contribution in [0.2, 0.25) is 0 Å². The molecule has 6 nitrogen and oxygen atoms in total. The van der Waals surface area contributed by atoms with E-state index in [1.165, 1.54) is 0 Å². The van der Waals surface area contributed by atoms with E-state index in [2.05, 4.69) is 10.5 Å². The third-order valence-electron chi connectivity index (χ3n) is 2.86. The average Bonchev–Trinajstić information content (AvgIpc) is 2.49. The molecular weight excluding hydrogens is 270 g/mol. The van der Waals surface area contributed by atoms with Gasteiger partial charge in [-0.1, -0.05) is 5.16 Å². The van der Waals surface area contributed by atoms with Crippen molar-refractivity contribution in [3.8, 4) is 11.5 Å². The number of ether oxygens (including phenoxy) is 2. The number of hydrogen-bond donors (Lipinski definition) is 3. The molecule has 118 valence electrons. The fraction of sp³-hybridized carbons (Fsp3) is 0.533. The third-order valence-corrected chi connectivity index (χ3v) is 2.86. The van der Waals surface area contributed by atoms with Crippen LogP contribution in [0, 0.1) is 0 Å². The first kappa shape index (κ1) is 16.9. The Morgan fingerprint density at radius 1 is 1.19 bits per heavy atom. The summed E-state index contributed by atoms with van der Waals surface area (Å²) in [5.74, 6) is 1.78. The largest absolute Gasteiger partial charge is 0.490 e. The maximum absolute atomic E-state index is 8.44. The van der Waals surface area contributed by atoms with E-state index in [1.54, 1.807) is 0 Å². The number of nitrogens with two attached hydrogens (primary N) is 1. The normalized spacial score (nSPS) is 11.2. The van der Waals surface area contributed by atoms with E-state index in [1.807, 2.05) is 32.0 Å². The Labute approximate surface area is 125 Å². The first-order chi connectivity index (χ1) is 10.2. The Bertz CT molecular complexity index is 450. The van der Waals surface area contributed by atoms with E-state index < -0.39 is 0 Å². The van der Waals surface area contributed by atoms with Crippen molar-refractivity contribution in [2.24, 2.45) is 10.9 Å². The highest BCUT2D eigenvalue weighted by Crippen LogP contribution is 2.30. The van der Waals surface area contributed by atoms with Crippen LogP contribution in [0.3, 0.4) is 0 Å². The lowest BCUT2D eigenvalue weighted by molar-refractivity contribution is 0.288. The number of nitrogens with one attached hydrogen (secondary N) is 1. The van der Waals surface area contributed by atoms with Crippen LogP contribution >= 0.6 is 0 Å². The monoisotopic (exact) mass is 295 g/mol. The number of benzene rings is 1. The molecule has 0 aliphatic carbocycles. The second-order valence-corrected chi connectivity index (χ2v) is 4.50. The smallest absolute Gasteiger partial charge is 0.163 e. The first-order valence-corrected chi connectivity index (χ1v) is 7.31. The molecule has 0 aliphatic rings. The summed E-state index contributed by atoms with van der Waals surface area (Å²) in [6, 6.07) is 5.82. The van der Waals surface area contributed by atoms with Crippen LogP contribution in [-0.2, 0) is 0 Å². The molecule has 0 saturated carbocycles. The summed E-state index contributed by atoms with van der Waals surface area (Å²) < 4.78 is 11.1. The number of oxime groups is 1. The minimum absolute atomic E-state index is 0.273. The van der Waals surface area contributed by atoms with Crippen molar-refractivity contribution in [1.82, 2.24) is 0 Å². The van der Waals surface area contributed by atoms with E-state index in [0.717, 1.165) is 36.6 Å². The maximum atomic E-state index is 8.44. The van der Waals surface area contributed by atoms with Crippen molar-refractivity contribution in [2.45, 2.75) is 33.1 Å². The minimum atomic E-state index is 0.273. The van der Waals surface area contributed by atoms with Crippen molar-refractivity contribution >= 4 is 11.5 Å². The fourth-order valence-corrected chi connectivity index (χ4v) is 1.87. The molecule has 4 N–H and O–H groups in total. The van der Waals surface area contributed by atoms with Crippen LogP contribution in [0.1, 0.15) is 33.1 Å². The molecule has 0 fully saturated rings. The van der Waals surface area contributed by atoms with Gasteiger partial charge < -0.3 is 25.7 Å². The highest BCUT2D eigenvalue weighted by molar-refractivity contribution is 5.79. The second kappa shape index (κ2) is 9.74. The summed E-state index contributed by atoms with van der Waals surface area (Å²) in [6.45, 7) is 5.93. The van der Waals surface area contributed by atoms with Gasteiger partial charge in [-0.05, 0) is 38.8 Å². The van der Waals surface area contributed by atoms with Gasteiger partial charge in [-0.3, -0.25) is 0 Å². The molecule has 0 spiro atoms. The highest BCUT2D eigenvalue weighted by Gasteiger charge is 2.05. The number of anilines is 1. The number of unbranched alkanes of at least 4 members (excludes halogenated alkanes) is 1. The van der Waals surface area contributed by atoms with E-state index in [-0.39, 0.29) is 5.84 Å². The standard InChI is InChI=1S/C15H25N3O3/c1-3-20-13-9-8-12(11-14(13)21-4-2)17-10-6-5-7-15(16)18-19/h8-9,11,17,19H,3-7,10H2,1-2H3,(H2,16,18). The van der Waals surface area contributed by atoms with Crippen molar-refractivity contribution in [2.75, 3.05) is 25.1 Å². The Morgan fingerprint density at radius 2 is 1.90 bits per heavy atom. The molecule has 0 bridgehead atoms. The van der Waals surface area contributed by atoms with E-state index >= 15 is 0 Å². The molecule has 0 atom stereocenters. The zero-order valence-corrected chi connectivity index (χ0v) is 12.8. The summed E-state index contributed by atoms with van der Waals surface area (Å²) in [4.78, 5) is 0. The fourth-order valence-electron chi connectivity index (χ4n) is 1.87. The molecule has 1 aromatic rings. The third kappa shape index (κ3) is 6.25. The van der Waals surface area contributed by atoms with Gasteiger partial charge in [0.25, 0.3) is 0 Å². The lowest BCUT2D eigenvalue weighted by Crippen LogP contribution is -2.11. The summed E-state index contributed by atoms with van der Waals surface area (Å²) in [6.07, 6.45) is 2.41. The highest BCUT2D eigenvalue weighted by atomic mass is 16.5. The van der Waals surface area contributed by atoms with Crippen LogP contribution in [0.25, 0.3) is 0 Å². The van der Waals surface area contributed by atoms with Gasteiger partial charge in [-0.15, -0.1) is 0 Å². The van der Waals surface area contributed by atoms with E-state index in [0.29, 0.717) is 19.6 Å². The second-order valence-electron chi connectivity index (χ2n) is 4.50. The van der Waals surface area contributed by atoms with Gasteiger partial charge in [-0.2, -0.15) is 0 Å². The summed E-state index contributed by atoms with van der Waals surface area (Å²) in [5, 5.41) is 14.7. The SMILES string of the molecule is CCOc1ccc(NCCCCC(N)=NO)cc1OCC.